The first-order valence-corrected chi connectivity index (χ1v) is 27.9. The van der Waals surface area contributed by atoms with Crippen molar-refractivity contribution in [2.45, 2.75) is 64.8 Å². The number of carbonyl (C=O) groups excluding carboxylic acids is 1. The number of rotatable bonds is 16. The fraction of sp³-hybridized carbons (Fsp3) is 0.400. The topological polar surface area (TPSA) is 155 Å². The molecule has 0 spiro atoms. The summed E-state index contributed by atoms with van der Waals surface area (Å²) in [6.45, 7) is 15.3. The van der Waals surface area contributed by atoms with Crippen LogP contribution in [0, 0.1) is 0 Å². The molecule has 1 saturated heterocycles. The van der Waals surface area contributed by atoms with E-state index in [0.717, 1.165) is 82.1 Å². The third-order valence-corrected chi connectivity index (χ3v) is 16.2. The van der Waals surface area contributed by atoms with E-state index in [1.54, 1.807) is 34.9 Å². The van der Waals surface area contributed by atoms with Crippen LogP contribution in [0.15, 0.2) is 118 Å². The Hall–Kier alpha value is -4.75. The van der Waals surface area contributed by atoms with E-state index < -0.39 is 26.0 Å². The summed E-state index contributed by atoms with van der Waals surface area (Å²) >= 11 is 3.26. The van der Waals surface area contributed by atoms with Crippen LogP contribution < -0.4 is 9.47 Å². The Kier molecular flexibility index (Phi) is 16.9. The van der Waals surface area contributed by atoms with E-state index in [0.29, 0.717) is 45.9 Å². The molecule has 17 heteroatoms. The number of fused-ring (bicyclic) bond motifs is 4. The minimum Gasteiger partial charge on any atom is -0.748 e. The van der Waals surface area contributed by atoms with Gasteiger partial charge in [-0.15, -0.1) is 0 Å². The van der Waals surface area contributed by atoms with Crippen LogP contribution in [0.1, 0.15) is 58.4 Å². The number of hydrogen-bond acceptors (Lipinski definition) is 12. The number of anilines is 1. The second-order valence-corrected chi connectivity index (χ2v) is 21.9. The van der Waals surface area contributed by atoms with Gasteiger partial charge in [0.2, 0.25) is 5.52 Å². The van der Waals surface area contributed by atoms with Gasteiger partial charge in [0.1, 0.15) is 4.70 Å². The number of ether oxygens (including phenoxy) is 1. The minimum absolute atomic E-state index is 0.195. The molecule has 1 N–H and O–H groups in total. The van der Waals surface area contributed by atoms with Crippen molar-refractivity contribution in [2.24, 2.45) is 0 Å². The van der Waals surface area contributed by atoms with Crippen LogP contribution in [-0.2, 0) is 31.5 Å². The lowest BCUT2D eigenvalue weighted by atomic mass is 10.1. The largest absolute Gasteiger partial charge is 0.748 e. The van der Waals surface area contributed by atoms with Crippen molar-refractivity contribution in [3.8, 4) is 0 Å². The van der Waals surface area contributed by atoms with Crippen LogP contribution in [-0.4, -0.2) is 117 Å². The second kappa shape index (κ2) is 22.6. The number of carbonyl (C=O) groups is 1. The maximum Gasteiger partial charge on any atom is 0.409 e. The monoisotopic (exact) mass is 987 g/mol. The number of benzene rings is 4. The molecule has 4 aromatic carbocycles. The van der Waals surface area contributed by atoms with Crippen molar-refractivity contribution < 1.29 is 40.0 Å². The maximum absolute atomic E-state index is 12.6. The number of aromatic nitrogens is 1. The molecule has 1 fully saturated rings. The SMILES string of the molecule is CCN(CC)CC.CCOC(=O)N1CCN(C2=C(/C=C/c3sc4cc5ccccc5cc4[n+]3CCCS(=O)(=O)[O-])CC/C2=C\C=C2/Sc3cc4ccccc4cc3N2CCCS(=O)(=O)O)CC1. The number of hydrogen-bond donors (Lipinski definition) is 1. The highest BCUT2D eigenvalue weighted by Crippen LogP contribution is 2.48. The van der Waals surface area contributed by atoms with E-state index in [2.05, 4.69) is 113 Å². The van der Waals surface area contributed by atoms with Gasteiger partial charge in [0.05, 0.1) is 33.2 Å². The van der Waals surface area contributed by atoms with Gasteiger partial charge in [0, 0.05) is 67.6 Å². The zero-order valence-corrected chi connectivity index (χ0v) is 42.0. The highest BCUT2D eigenvalue weighted by atomic mass is 32.2. The van der Waals surface area contributed by atoms with Crippen molar-refractivity contribution in [3.63, 3.8) is 0 Å². The number of piperazine rings is 1. The molecule has 0 bridgehead atoms. The van der Waals surface area contributed by atoms with Crippen LogP contribution in [0.4, 0.5) is 10.5 Å². The lowest BCUT2D eigenvalue weighted by Gasteiger charge is -2.37. The fourth-order valence-corrected chi connectivity index (χ4v) is 12.1. The van der Waals surface area contributed by atoms with Crippen molar-refractivity contribution >= 4 is 93.0 Å². The van der Waals surface area contributed by atoms with Crippen LogP contribution >= 0.6 is 23.1 Å². The van der Waals surface area contributed by atoms with Gasteiger partial charge >= 0.3 is 6.09 Å². The van der Waals surface area contributed by atoms with E-state index >= 15 is 0 Å². The number of thioether (sulfide) groups is 1. The highest BCUT2D eigenvalue weighted by Gasteiger charge is 2.30. The Labute approximate surface area is 403 Å². The van der Waals surface area contributed by atoms with E-state index in [1.165, 1.54) is 19.6 Å². The molecule has 13 nitrogen and oxygen atoms in total. The van der Waals surface area contributed by atoms with Gasteiger partial charge < -0.3 is 28.9 Å². The molecule has 1 aromatic heterocycles. The van der Waals surface area contributed by atoms with Crippen molar-refractivity contribution in [1.29, 1.82) is 0 Å². The third-order valence-electron chi connectivity index (χ3n) is 12.3. The van der Waals surface area contributed by atoms with Gasteiger partial charge in [0.25, 0.3) is 15.1 Å². The average Bonchev–Trinajstić information content (AvgIpc) is 3.98. The molecule has 1 aliphatic carbocycles. The number of thiazole rings is 1. The molecule has 67 heavy (non-hydrogen) atoms. The van der Waals surface area contributed by atoms with Crippen LogP contribution in [0.5, 0.6) is 0 Å². The molecule has 1 amide bonds. The quantitative estimate of drug-likeness (QED) is 0.0740. The highest BCUT2D eigenvalue weighted by molar-refractivity contribution is 8.03. The molecule has 3 aliphatic rings. The summed E-state index contributed by atoms with van der Waals surface area (Å²) in [6, 6.07) is 24.8. The summed E-state index contributed by atoms with van der Waals surface area (Å²) in [5.41, 5.74) is 5.36. The zero-order chi connectivity index (χ0) is 47.7. The number of aryl methyl sites for hydroxylation is 1. The van der Waals surface area contributed by atoms with E-state index in [-0.39, 0.29) is 24.7 Å². The molecular formula is C50H61N5O8S4. The lowest BCUT2D eigenvalue weighted by molar-refractivity contribution is -0.668. The number of allylic oxidation sites excluding steroid dienone is 5. The first-order valence-electron chi connectivity index (χ1n) is 23.1. The predicted molar refractivity (Wildman–Crippen MR) is 272 cm³/mol. The van der Waals surface area contributed by atoms with Crippen LogP contribution in [0.2, 0.25) is 0 Å². The average molecular weight is 988 g/mol. The second-order valence-electron chi connectivity index (χ2n) is 16.6. The van der Waals surface area contributed by atoms with Gasteiger partial charge in [-0.1, -0.05) is 98.5 Å². The lowest BCUT2D eigenvalue weighted by Crippen LogP contribution is -2.48. The first kappa shape index (κ1) is 50.1. The molecule has 0 saturated carbocycles. The Bertz CT molecular complexity index is 2930. The Morgan fingerprint density at radius 1 is 0.821 bits per heavy atom. The van der Waals surface area contributed by atoms with Crippen molar-refractivity contribution in [2.75, 3.05) is 75.4 Å². The molecule has 2 aliphatic heterocycles. The molecular weight excluding hydrogens is 927 g/mol. The van der Waals surface area contributed by atoms with Gasteiger partial charge in [0.15, 0.2) is 6.54 Å². The van der Waals surface area contributed by atoms with Gasteiger partial charge in [-0.05, 0) is 109 Å². The molecule has 3 heterocycles. The van der Waals surface area contributed by atoms with E-state index in [1.807, 2.05) is 24.3 Å². The molecule has 0 atom stereocenters. The van der Waals surface area contributed by atoms with Crippen molar-refractivity contribution in [1.82, 2.24) is 14.7 Å². The molecule has 8 rings (SSSR count). The minimum atomic E-state index is -4.37. The fourth-order valence-electron chi connectivity index (χ4n) is 8.87. The number of nitrogens with zero attached hydrogens (tertiary/aromatic N) is 5. The maximum atomic E-state index is 12.6. The zero-order valence-electron chi connectivity index (χ0n) is 38.7. The first-order chi connectivity index (χ1) is 32.2. The van der Waals surface area contributed by atoms with Gasteiger partial charge in [-0.25, -0.2) is 13.2 Å². The van der Waals surface area contributed by atoms with E-state index in [4.69, 9.17) is 4.74 Å². The van der Waals surface area contributed by atoms with Crippen LogP contribution in [0.25, 0.3) is 37.8 Å². The summed E-state index contributed by atoms with van der Waals surface area (Å²) in [4.78, 5) is 22.3. The summed E-state index contributed by atoms with van der Waals surface area (Å²) in [6.07, 6.45) is 10.2. The Morgan fingerprint density at radius 2 is 1.46 bits per heavy atom. The van der Waals surface area contributed by atoms with E-state index in [9.17, 15) is 30.7 Å². The smallest absolute Gasteiger partial charge is 0.409 e. The third kappa shape index (κ3) is 12.9. The van der Waals surface area contributed by atoms with Gasteiger partial charge in [-0.3, -0.25) is 4.55 Å². The normalized spacial score (nSPS) is 17.0. The van der Waals surface area contributed by atoms with Crippen molar-refractivity contribution in [3.05, 3.63) is 118 Å². The number of amides is 1. The van der Waals surface area contributed by atoms with Crippen LogP contribution in [0.3, 0.4) is 0 Å². The molecule has 0 radical (unpaired) electrons. The summed E-state index contributed by atoms with van der Waals surface area (Å²) in [7, 11) is -8.48. The Balaban J connectivity index is 0.000000883. The molecule has 0 unspecified atom stereocenters. The predicted octanol–water partition coefficient (Wildman–Crippen LogP) is 9.27. The standard InChI is InChI=1S/C44H46N4O8S4.C6H15N/c1-2-56-44(49)46-23-21-45(22-24-46)43-31(15-17-41-47(19-7-25-59(50,51)52)37-27-33-9-3-5-11-35(33)29-39(37)57-41)13-14-32(43)16-18-42-48(20-8-26-60(53,54)55)38-28-34-10-4-6-12-36(34)30-40(38)58-42;1-4-7(5-2)6-3/h3-6,9-12,15-18,27-30H,2,7-8,13-14,19-26H2,1H3,(H-,50,51,52,53,54,55);4-6H2,1-3H3. The summed E-state index contributed by atoms with van der Waals surface area (Å²) < 4.78 is 76.1. The Morgan fingerprint density at radius 3 is 2.07 bits per heavy atom. The summed E-state index contributed by atoms with van der Waals surface area (Å²) in [5.74, 6) is -0.775. The molecule has 358 valence electrons. The van der Waals surface area contributed by atoms with Gasteiger partial charge in [-0.2, -0.15) is 13.0 Å². The molecule has 5 aromatic rings. The summed E-state index contributed by atoms with van der Waals surface area (Å²) in [5, 5.41) is 6.27.